The number of rotatable bonds is 0. The molecule has 0 spiro atoms. The average molecular weight is 172 g/mol. The van der Waals surface area contributed by atoms with Crippen molar-refractivity contribution in [1.29, 1.82) is 0 Å². The van der Waals surface area contributed by atoms with Crippen LogP contribution in [0.1, 0.15) is 41.5 Å². The smallest absolute Gasteiger partial charge is 0.0917 e. The maximum absolute atomic E-state index is 5.95. The summed E-state index contributed by atoms with van der Waals surface area (Å²) in [5, 5.41) is 0. The minimum Gasteiger partial charge on any atom is -0.370 e. The Morgan fingerprint density at radius 1 is 0.833 bits per heavy atom. The summed E-state index contributed by atoms with van der Waals surface area (Å²) >= 11 is 0. The molecule has 1 rings (SSSR count). The number of hydrogen-bond donors (Lipinski definition) is 0. The van der Waals surface area contributed by atoms with Gasteiger partial charge in [-0.2, -0.15) is 0 Å². The van der Waals surface area contributed by atoms with Crippen LogP contribution in [0.2, 0.25) is 0 Å². The van der Waals surface area contributed by atoms with Crippen LogP contribution in [0, 0.1) is 0 Å². The molecule has 0 N–H and O–H groups in total. The second-order valence-electron chi connectivity index (χ2n) is 5.17. The molecule has 0 atom stereocenters. The van der Waals surface area contributed by atoms with E-state index in [9.17, 15) is 0 Å². The average Bonchev–Trinajstić information content (AvgIpc) is 1.79. The summed E-state index contributed by atoms with van der Waals surface area (Å²) in [5.74, 6) is 0. The third-order valence-electron chi connectivity index (χ3n) is 2.76. The monoisotopic (exact) mass is 172 g/mol. The zero-order valence-electron chi connectivity index (χ0n) is 9.02. The molecular weight excluding hydrogens is 152 g/mol. The van der Waals surface area contributed by atoms with Crippen LogP contribution >= 0.6 is 0 Å². The molecule has 0 aromatic rings. The van der Waals surface area contributed by atoms with E-state index in [1.807, 2.05) is 0 Å². The molecule has 12 heavy (non-hydrogen) atoms. The van der Waals surface area contributed by atoms with Gasteiger partial charge in [-0.3, -0.25) is 0 Å². The highest BCUT2D eigenvalue weighted by Crippen LogP contribution is 2.38. The summed E-state index contributed by atoms with van der Waals surface area (Å²) in [5.41, 5.74) is -0.559. The van der Waals surface area contributed by atoms with E-state index in [0.717, 1.165) is 0 Å². The van der Waals surface area contributed by atoms with Crippen LogP contribution in [0.5, 0.6) is 0 Å². The molecule has 1 saturated heterocycles. The highest BCUT2D eigenvalue weighted by atomic mass is 16.6. The van der Waals surface area contributed by atoms with E-state index in [-0.39, 0.29) is 16.8 Å². The molecule has 0 aromatic carbocycles. The van der Waals surface area contributed by atoms with E-state index in [1.165, 1.54) is 0 Å². The Morgan fingerprint density at radius 2 is 1.33 bits per heavy atom. The number of ether oxygens (including phenoxy) is 2. The summed E-state index contributed by atoms with van der Waals surface area (Å²) < 4.78 is 11.7. The van der Waals surface area contributed by atoms with E-state index in [0.29, 0.717) is 6.61 Å². The topological polar surface area (TPSA) is 18.5 Å². The van der Waals surface area contributed by atoms with Crippen molar-refractivity contribution < 1.29 is 9.47 Å². The molecular formula is C10H20O2. The third kappa shape index (κ3) is 1.64. The molecule has 1 aliphatic rings. The lowest BCUT2D eigenvalue weighted by molar-refractivity contribution is -0.292. The Kier molecular flexibility index (Phi) is 2.05. The minimum absolute atomic E-state index is 0.154. The zero-order valence-corrected chi connectivity index (χ0v) is 9.02. The molecule has 0 aromatic heterocycles. The molecule has 2 nitrogen and oxygen atoms in total. The van der Waals surface area contributed by atoms with Gasteiger partial charge in [0, 0.05) is 0 Å². The molecule has 0 radical (unpaired) electrons. The van der Waals surface area contributed by atoms with Crippen LogP contribution in [0.3, 0.4) is 0 Å². The summed E-state index contributed by atoms with van der Waals surface area (Å²) in [4.78, 5) is 0. The summed E-state index contributed by atoms with van der Waals surface area (Å²) in [6, 6.07) is 0. The quantitative estimate of drug-likeness (QED) is 0.558. The van der Waals surface area contributed by atoms with Gasteiger partial charge in [0.05, 0.1) is 23.4 Å². The summed E-state index contributed by atoms with van der Waals surface area (Å²) in [6.07, 6.45) is 0. The Bertz CT molecular complexity index is 180. The van der Waals surface area contributed by atoms with Crippen LogP contribution in [-0.2, 0) is 9.47 Å². The van der Waals surface area contributed by atoms with Crippen LogP contribution in [0.4, 0.5) is 0 Å². The standard InChI is InChI=1S/C10H20O2/c1-8(2)7-11-9(3,4)10(5,6)12-8/h7H2,1-6H3. The van der Waals surface area contributed by atoms with Gasteiger partial charge in [-0.25, -0.2) is 0 Å². The maximum Gasteiger partial charge on any atom is 0.0917 e. The molecule has 2 heteroatoms. The lowest BCUT2D eigenvalue weighted by Gasteiger charge is -2.51. The minimum atomic E-state index is -0.214. The SMILES string of the molecule is CC1(C)COC(C)(C)C(C)(C)O1. The first-order chi connectivity index (χ1) is 5.16. The van der Waals surface area contributed by atoms with Gasteiger partial charge in [0.25, 0.3) is 0 Å². The van der Waals surface area contributed by atoms with Gasteiger partial charge >= 0.3 is 0 Å². The normalized spacial score (nSPS) is 31.5. The Morgan fingerprint density at radius 3 is 1.67 bits per heavy atom. The van der Waals surface area contributed by atoms with Crippen molar-refractivity contribution in [2.75, 3.05) is 6.61 Å². The lowest BCUT2D eigenvalue weighted by atomic mass is 9.86. The summed E-state index contributed by atoms with van der Waals surface area (Å²) in [6.45, 7) is 13.1. The molecule has 72 valence electrons. The predicted octanol–water partition coefficient (Wildman–Crippen LogP) is 2.37. The second-order valence-corrected chi connectivity index (χ2v) is 5.17. The molecule has 0 unspecified atom stereocenters. The van der Waals surface area contributed by atoms with Crippen molar-refractivity contribution in [3.63, 3.8) is 0 Å². The highest BCUT2D eigenvalue weighted by molar-refractivity contribution is 4.95. The van der Waals surface area contributed by atoms with E-state index in [2.05, 4.69) is 41.5 Å². The van der Waals surface area contributed by atoms with E-state index < -0.39 is 0 Å². The molecule has 0 aliphatic carbocycles. The van der Waals surface area contributed by atoms with Crippen LogP contribution in [0.15, 0.2) is 0 Å². The van der Waals surface area contributed by atoms with Gasteiger partial charge < -0.3 is 9.47 Å². The fraction of sp³-hybridized carbons (Fsp3) is 1.00. The lowest BCUT2D eigenvalue weighted by Crippen LogP contribution is -2.60. The van der Waals surface area contributed by atoms with Gasteiger partial charge in [0.1, 0.15) is 0 Å². The van der Waals surface area contributed by atoms with Gasteiger partial charge in [-0.15, -0.1) is 0 Å². The second kappa shape index (κ2) is 2.46. The maximum atomic E-state index is 5.95. The molecule has 0 saturated carbocycles. The Hall–Kier alpha value is -0.0800. The molecule has 1 heterocycles. The van der Waals surface area contributed by atoms with Crippen molar-refractivity contribution >= 4 is 0 Å². The summed E-state index contributed by atoms with van der Waals surface area (Å²) in [7, 11) is 0. The molecule has 0 bridgehead atoms. The first-order valence-corrected chi connectivity index (χ1v) is 4.50. The van der Waals surface area contributed by atoms with Gasteiger partial charge in [0.2, 0.25) is 0 Å². The molecule has 0 amide bonds. The van der Waals surface area contributed by atoms with Crippen molar-refractivity contribution in [2.24, 2.45) is 0 Å². The highest BCUT2D eigenvalue weighted by Gasteiger charge is 2.47. The van der Waals surface area contributed by atoms with Crippen LogP contribution in [0.25, 0.3) is 0 Å². The van der Waals surface area contributed by atoms with Crippen molar-refractivity contribution in [2.45, 2.75) is 58.3 Å². The van der Waals surface area contributed by atoms with Crippen molar-refractivity contribution in [3.05, 3.63) is 0 Å². The van der Waals surface area contributed by atoms with E-state index >= 15 is 0 Å². The Balaban J connectivity index is 2.82. The molecule has 1 fully saturated rings. The van der Waals surface area contributed by atoms with E-state index in [1.54, 1.807) is 0 Å². The van der Waals surface area contributed by atoms with Crippen LogP contribution in [-0.4, -0.2) is 23.4 Å². The fourth-order valence-corrected chi connectivity index (χ4v) is 1.37. The Labute approximate surface area is 75.2 Å². The van der Waals surface area contributed by atoms with Crippen molar-refractivity contribution in [3.8, 4) is 0 Å². The van der Waals surface area contributed by atoms with Crippen molar-refractivity contribution in [1.82, 2.24) is 0 Å². The molecule has 1 aliphatic heterocycles. The van der Waals surface area contributed by atoms with Crippen LogP contribution < -0.4 is 0 Å². The fourth-order valence-electron chi connectivity index (χ4n) is 1.37. The predicted molar refractivity (Wildman–Crippen MR) is 49.3 cm³/mol. The zero-order chi connectivity index (χ0) is 9.62. The van der Waals surface area contributed by atoms with Gasteiger partial charge in [-0.05, 0) is 41.5 Å². The number of hydrogen-bond acceptors (Lipinski definition) is 2. The van der Waals surface area contributed by atoms with E-state index in [4.69, 9.17) is 9.47 Å². The first kappa shape index (κ1) is 10.0. The largest absolute Gasteiger partial charge is 0.370 e. The van der Waals surface area contributed by atoms with Gasteiger partial charge in [0.15, 0.2) is 0 Å². The third-order valence-corrected chi connectivity index (χ3v) is 2.76. The van der Waals surface area contributed by atoms with Gasteiger partial charge in [-0.1, -0.05) is 0 Å². The first-order valence-electron chi connectivity index (χ1n) is 4.50.